The molecule has 0 spiro atoms. The van der Waals surface area contributed by atoms with E-state index in [4.69, 9.17) is 15.0 Å². The Kier molecular flexibility index (Phi) is 6.31. The van der Waals surface area contributed by atoms with E-state index in [1.807, 2.05) is 6.92 Å². The molecule has 2 aromatic heterocycles. The Hall–Kier alpha value is -1.78. The fourth-order valence-electron chi connectivity index (χ4n) is 2.40. The summed E-state index contributed by atoms with van der Waals surface area (Å²) < 4.78 is 27.8. The van der Waals surface area contributed by atoms with Crippen LogP contribution in [0.2, 0.25) is 0 Å². The highest BCUT2D eigenvalue weighted by Gasteiger charge is 2.26. The van der Waals surface area contributed by atoms with Crippen molar-refractivity contribution in [1.29, 1.82) is 0 Å². The first-order valence-electron chi connectivity index (χ1n) is 7.50. The van der Waals surface area contributed by atoms with Crippen LogP contribution in [0.3, 0.4) is 0 Å². The Morgan fingerprint density at radius 2 is 2.16 bits per heavy atom. The van der Waals surface area contributed by atoms with Gasteiger partial charge in [0.15, 0.2) is 11.2 Å². The van der Waals surface area contributed by atoms with Gasteiger partial charge in [-0.05, 0) is 5.92 Å². The lowest BCUT2D eigenvalue weighted by atomic mass is 9.95. The molecule has 2 aromatic rings. The van der Waals surface area contributed by atoms with Crippen LogP contribution in [0.15, 0.2) is 11.1 Å². The Morgan fingerprint density at radius 1 is 1.44 bits per heavy atom. The summed E-state index contributed by atoms with van der Waals surface area (Å²) >= 11 is 0. The van der Waals surface area contributed by atoms with E-state index in [0.717, 1.165) is 7.11 Å². The van der Waals surface area contributed by atoms with Crippen molar-refractivity contribution in [1.82, 2.24) is 19.5 Å². The second kappa shape index (κ2) is 8.07. The van der Waals surface area contributed by atoms with E-state index in [1.165, 1.54) is 6.33 Å². The number of hydrogen-bond acceptors (Lipinski definition) is 8. The maximum atomic E-state index is 11.8. The quantitative estimate of drug-likeness (QED) is 0.527. The number of nitrogens with one attached hydrogen (secondary N) is 1. The lowest BCUT2D eigenvalue weighted by Crippen LogP contribution is -2.26. The fourth-order valence-corrected chi connectivity index (χ4v) is 2.88. The van der Waals surface area contributed by atoms with E-state index in [-0.39, 0.29) is 29.9 Å². The molecule has 3 atom stereocenters. The third-order valence-electron chi connectivity index (χ3n) is 3.84. The number of imidazole rings is 1. The van der Waals surface area contributed by atoms with E-state index in [0.29, 0.717) is 18.8 Å². The van der Waals surface area contributed by atoms with Gasteiger partial charge in [0, 0.05) is 33.3 Å². The number of hydrogen-bond donors (Lipinski definition) is 3. The highest BCUT2D eigenvalue weighted by Crippen LogP contribution is 2.42. The van der Waals surface area contributed by atoms with Gasteiger partial charge in [0.2, 0.25) is 5.95 Å². The number of aromatic amines is 1. The van der Waals surface area contributed by atoms with E-state index < -0.39 is 13.4 Å². The smallest absolute Gasteiger partial charge is 0.384 e. The van der Waals surface area contributed by atoms with Gasteiger partial charge in [0.25, 0.3) is 5.56 Å². The highest BCUT2D eigenvalue weighted by molar-refractivity contribution is 7.47. The summed E-state index contributed by atoms with van der Waals surface area (Å²) in [6.07, 6.45) is 1.47. The average Bonchev–Trinajstić information content (AvgIpc) is 2.94. The third kappa shape index (κ3) is 4.86. The molecule has 4 N–H and O–H groups in total. The molecule has 0 radical (unpaired) electrons. The minimum Gasteiger partial charge on any atom is -0.384 e. The molecule has 2 heterocycles. The van der Waals surface area contributed by atoms with Crippen molar-refractivity contribution < 1.29 is 23.2 Å². The molecule has 0 bridgehead atoms. The molecule has 25 heavy (non-hydrogen) atoms. The van der Waals surface area contributed by atoms with Crippen molar-refractivity contribution in [3.63, 3.8) is 0 Å². The topological polar surface area (TPSA) is 155 Å². The van der Waals surface area contributed by atoms with Crippen molar-refractivity contribution in [3.8, 4) is 0 Å². The first-order chi connectivity index (χ1) is 11.8. The molecule has 0 amide bonds. The predicted octanol–water partition coefficient (Wildman–Crippen LogP) is 0.364. The number of H-pyrrole nitrogens is 1. The average molecular weight is 375 g/mol. The highest BCUT2D eigenvalue weighted by atomic mass is 31.2. The maximum Gasteiger partial charge on any atom is 0.471 e. The first-order valence-corrected chi connectivity index (χ1v) is 8.99. The molecular weight excluding hydrogens is 353 g/mol. The van der Waals surface area contributed by atoms with Crippen molar-refractivity contribution in [2.24, 2.45) is 11.8 Å². The van der Waals surface area contributed by atoms with Gasteiger partial charge in [-0.1, -0.05) is 6.92 Å². The second-order valence-corrected chi connectivity index (χ2v) is 7.22. The summed E-state index contributed by atoms with van der Waals surface area (Å²) in [5.41, 5.74) is 5.65. The molecule has 11 nitrogen and oxygen atoms in total. The number of fused-ring (bicyclic) bond motifs is 1. The number of phosphoric acid groups is 1. The second-order valence-electron chi connectivity index (χ2n) is 5.66. The molecule has 2 rings (SSSR count). The molecule has 0 aliphatic heterocycles. The number of nitrogen functional groups attached to an aromatic ring is 1. The molecule has 0 saturated carbocycles. The Morgan fingerprint density at radius 3 is 2.80 bits per heavy atom. The number of rotatable bonds is 9. The predicted molar refractivity (Wildman–Crippen MR) is 89.9 cm³/mol. The van der Waals surface area contributed by atoms with Crippen molar-refractivity contribution in [3.05, 3.63) is 16.7 Å². The summed E-state index contributed by atoms with van der Waals surface area (Å²) in [6.45, 7) is 2.62. The fraction of sp³-hybridized carbons (Fsp3) is 0.615. The standard InChI is InChI=1S/C13H22N5O6P/c1-8(5-22-2)9(6-24-25(20,21)23-3)4-18-7-15-10-11(18)16-13(14)17-12(10)19/h7-9H,4-6H2,1-3H3,(H,20,21)(H3,14,16,17,19)/t8?,9-/m0/s1. The lowest BCUT2D eigenvalue weighted by molar-refractivity contribution is 0.0807. The number of phosphoric ester groups is 1. The SMILES string of the molecule is COCC(C)[C@H](COP(=O)(O)OC)Cn1cnc2c(=O)[nH]c(N)nc21. The van der Waals surface area contributed by atoms with Crippen LogP contribution in [-0.4, -0.2) is 51.8 Å². The van der Waals surface area contributed by atoms with Crippen LogP contribution in [0.25, 0.3) is 11.2 Å². The number of nitrogens with zero attached hydrogens (tertiary/aromatic N) is 3. The van der Waals surface area contributed by atoms with Crippen LogP contribution in [-0.2, 0) is 24.9 Å². The monoisotopic (exact) mass is 375 g/mol. The van der Waals surface area contributed by atoms with Gasteiger partial charge in [0.05, 0.1) is 12.9 Å². The molecule has 0 fully saturated rings. The molecule has 12 heteroatoms. The van der Waals surface area contributed by atoms with Crippen LogP contribution in [0, 0.1) is 11.8 Å². The summed E-state index contributed by atoms with van der Waals surface area (Å²) in [5, 5.41) is 0. The minimum absolute atomic E-state index is 0.0151. The van der Waals surface area contributed by atoms with Crippen molar-refractivity contribution in [2.45, 2.75) is 13.5 Å². The van der Waals surface area contributed by atoms with E-state index >= 15 is 0 Å². The van der Waals surface area contributed by atoms with E-state index in [1.54, 1.807) is 11.7 Å². The van der Waals surface area contributed by atoms with E-state index in [9.17, 15) is 14.3 Å². The zero-order valence-electron chi connectivity index (χ0n) is 14.2. The normalized spacial score (nSPS) is 16.6. The molecule has 0 aliphatic carbocycles. The number of aromatic nitrogens is 4. The van der Waals surface area contributed by atoms with Gasteiger partial charge in [-0.15, -0.1) is 0 Å². The van der Waals surface area contributed by atoms with Gasteiger partial charge in [-0.3, -0.25) is 18.8 Å². The number of anilines is 1. The Labute approximate surface area is 143 Å². The number of methoxy groups -OCH3 is 1. The summed E-state index contributed by atoms with van der Waals surface area (Å²) in [6, 6.07) is 0. The van der Waals surface area contributed by atoms with Crippen LogP contribution >= 0.6 is 7.82 Å². The molecule has 2 unspecified atom stereocenters. The van der Waals surface area contributed by atoms with Crippen LogP contribution in [0.4, 0.5) is 5.95 Å². The van der Waals surface area contributed by atoms with Gasteiger partial charge < -0.3 is 19.9 Å². The molecular formula is C13H22N5O6P. The minimum atomic E-state index is -4.10. The van der Waals surface area contributed by atoms with Crippen LogP contribution in [0.1, 0.15) is 6.92 Å². The molecule has 0 saturated heterocycles. The van der Waals surface area contributed by atoms with Gasteiger partial charge in [-0.2, -0.15) is 4.98 Å². The van der Waals surface area contributed by atoms with Crippen LogP contribution in [0.5, 0.6) is 0 Å². The summed E-state index contributed by atoms with van der Waals surface area (Å²) in [4.78, 5) is 31.8. The van der Waals surface area contributed by atoms with Gasteiger partial charge >= 0.3 is 7.82 Å². The van der Waals surface area contributed by atoms with Gasteiger partial charge in [0.1, 0.15) is 0 Å². The largest absolute Gasteiger partial charge is 0.471 e. The summed E-state index contributed by atoms with van der Waals surface area (Å²) in [7, 11) is -1.44. The molecule has 0 aromatic carbocycles. The molecule has 0 aliphatic rings. The van der Waals surface area contributed by atoms with Gasteiger partial charge in [-0.25, -0.2) is 9.55 Å². The number of nitrogens with two attached hydrogens (primary N) is 1. The molecule has 140 valence electrons. The Balaban J connectivity index is 2.27. The first kappa shape index (κ1) is 19.5. The zero-order valence-corrected chi connectivity index (χ0v) is 15.1. The Bertz CT molecular complexity index is 821. The lowest BCUT2D eigenvalue weighted by Gasteiger charge is -2.24. The summed E-state index contributed by atoms with van der Waals surface area (Å²) in [5.74, 6) is -0.259. The number of ether oxygens (including phenoxy) is 1. The van der Waals surface area contributed by atoms with E-state index in [2.05, 4.69) is 19.5 Å². The van der Waals surface area contributed by atoms with Crippen molar-refractivity contribution in [2.75, 3.05) is 33.2 Å². The third-order valence-corrected chi connectivity index (χ3v) is 4.78. The maximum absolute atomic E-state index is 11.8. The van der Waals surface area contributed by atoms with Crippen LogP contribution < -0.4 is 11.3 Å². The van der Waals surface area contributed by atoms with Crippen molar-refractivity contribution >= 4 is 24.9 Å². The zero-order chi connectivity index (χ0) is 18.6.